The van der Waals surface area contributed by atoms with E-state index in [9.17, 15) is 13.2 Å². The maximum atomic E-state index is 12.7. The molecule has 0 saturated heterocycles. The van der Waals surface area contributed by atoms with Crippen LogP contribution in [0.3, 0.4) is 0 Å². The van der Waals surface area contributed by atoms with Crippen molar-refractivity contribution in [3.05, 3.63) is 90.5 Å². The van der Waals surface area contributed by atoms with E-state index < -0.39 is 15.9 Å². The van der Waals surface area contributed by atoms with E-state index in [1.54, 1.807) is 42.6 Å². The second-order valence-corrected chi connectivity index (χ2v) is 8.03. The fourth-order valence-electron chi connectivity index (χ4n) is 2.87. The molecule has 0 saturated carbocycles. The number of carbonyl (C=O) groups is 1. The van der Waals surface area contributed by atoms with Crippen LogP contribution in [0.15, 0.2) is 88.5 Å². The Labute approximate surface area is 167 Å². The van der Waals surface area contributed by atoms with Crippen molar-refractivity contribution in [2.75, 3.05) is 5.32 Å². The van der Waals surface area contributed by atoms with Gasteiger partial charge in [0, 0.05) is 17.1 Å². The molecule has 8 heteroatoms. The Morgan fingerprint density at radius 3 is 2.69 bits per heavy atom. The van der Waals surface area contributed by atoms with E-state index in [0.717, 1.165) is 10.9 Å². The summed E-state index contributed by atoms with van der Waals surface area (Å²) in [4.78, 5) is 17.0. The summed E-state index contributed by atoms with van der Waals surface area (Å²) in [5.41, 5.74) is 1.58. The highest BCUT2D eigenvalue weighted by atomic mass is 32.2. The van der Waals surface area contributed by atoms with Crippen LogP contribution < -0.4 is 10.0 Å². The standard InChI is InChI=1S/C21H17N3O4S/c25-21(24-20-10-2-9-19-18(20)8-3-11-22-19)15-5-1-7-17(13-15)29(26,27)23-14-16-6-4-12-28-16/h1-13,23H,14H2,(H,24,25). The third-order valence-electron chi connectivity index (χ3n) is 4.32. The average Bonchev–Trinajstić information content (AvgIpc) is 3.26. The second-order valence-electron chi connectivity index (χ2n) is 6.26. The zero-order valence-corrected chi connectivity index (χ0v) is 16.0. The lowest BCUT2D eigenvalue weighted by molar-refractivity contribution is 0.102. The first kappa shape index (κ1) is 18.9. The molecule has 4 aromatic rings. The first-order valence-electron chi connectivity index (χ1n) is 8.80. The van der Waals surface area contributed by atoms with Gasteiger partial charge in [0.2, 0.25) is 10.0 Å². The molecule has 0 bridgehead atoms. The number of amides is 1. The molecule has 2 N–H and O–H groups in total. The molecule has 0 aliphatic carbocycles. The van der Waals surface area contributed by atoms with Gasteiger partial charge in [0.1, 0.15) is 5.76 Å². The minimum atomic E-state index is -3.80. The van der Waals surface area contributed by atoms with Crippen molar-refractivity contribution in [1.29, 1.82) is 0 Å². The van der Waals surface area contributed by atoms with Crippen LogP contribution in [0.2, 0.25) is 0 Å². The van der Waals surface area contributed by atoms with Gasteiger partial charge < -0.3 is 9.73 Å². The molecule has 29 heavy (non-hydrogen) atoms. The molecule has 4 rings (SSSR count). The Kier molecular flexibility index (Phi) is 5.11. The first-order chi connectivity index (χ1) is 14.0. The van der Waals surface area contributed by atoms with Crippen molar-refractivity contribution in [3.8, 4) is 0 Å². The van der Waals surface area contributed by atoms with Crippen molar-refractivity contribution >= 4 is 32.5 Å². The Balaban J connectivity index is 1.55. The summed E-state index contributed by atoms with van der Waals surface area (Å²) in [6, 6.07) is 18.3. The Morgan fingerprint density at radius 2 is 1.86 bits per heavy atom. The summed E-state index contributed by atoms with van der Waals surface area (Å²) in [6.45, 7) is 0.0226. The molecule has 0 fully saturated rings. The van der Waals surface area contributed by atoms with E-state index in [1.807, 2.05) is 12.1 Å². The van der Waals surface area contributed by atoms with E-state index in [2.05, 4.69) is 15.0 Å². The molecule has 0 aliphatic rings. The first-order valence-corrected chi connectivity index (χ1v) is 10.3. The number of anilines is 1. The van der Waals surface area contributed by atoms with Crippen LogP contribution in [0.1, 0.15) is 16.1 Å². The van der Waals surface area contributed by atoms with Gasteiger partial charge in [-0.3, -0.25) is 9.78 Å². The molecule has 7 nitrogen and oxygen atoms in total. The number of carbonyl (C=O) groups excluding carboxylic acids is 1. The predicted octanol–water partition coefficient (Wildman–Crippen LogP) is 3.56. The number of sulfonamides is 1. The summed E-state index contributed by atoms with van der Waals surface area (Å²) in [7, 11) is -3.80. The summed E-state index contributed by atoms with van der Waals surface area (Å²) in [5.74, 6) is 0.0801. The number of hydrogen-bond donors (Lipinski definition) is 2. The summed E-state index contributed by atoms with van der Waals surface area (Å²) >= 11 is 0. The molecule has 0 radical (unpaired) electrons. The molecule has 2 aromatic heterocycles. The zero-order chi connectivity index (χ0) is 20.3. The lowest BCUT2D eigenvalue weighted by atomic mass is 10.1. The highest BCUT2D eigenvalue weighted by Gasteiger charge is 2.17. The van der Waals surface area contributed by atoms with Gasteiger partial charge in [0.25, 0.3) is 5.91 Å². The van der Waals surface area contributed by atoms with Crippen LogP contribution in [0.5, 0.6) is 0 Å². The molecule has 1 amide bonds. The largest absolute Gasteiger partial charge is 0.468 e. The van der Waals surface area contributed by atoms with Crippen LogP contribution in [-0.2, 0) is 16.6 Å². The highest BCUT2D eigenvalue weighted by molar-refractivity contribution is 7.89. The molecule has 2 aromatic carbocycles. The van der Waals surface area contributed by atoms with Crippen LogP contribution in [0, 0.1) is 0 Å². The second kappa shape index (κ2) is 7.86. The van der Waals surface area contributed by atoms with Gasteiger partial charge in [-0.05, 0) is 54.6 Å². The maximum absolute atomic E-state index is 12.7. The van der Waals surface area contributed by atoms with Crippen molar-refractivity contribution < 1.29 is 17.6 Å². The molecular formula is C21H17N3O4S. The van der Waals surface area contributed by atoms with Crippen molar-refractivity contribution in [2.24, 2.45) is 0 Å². The molecule has 0 spiro atoms. The van der Waals surface area contributed by atoms with Gasteiger partial charge in [-0.25, -0.2) is 13.1 Å². The highest BCUT2D eigenvalue weighted by Crippen LogP contribution is 2.22. The SMILES string of the molecule is O=C(Nc1cccc2ncccc12)c1cccc(S(=O)(=O)NCc2ccco2)c1. The van der Waals surface area contributed by atoms with E-state index in [1.165, 1.54) is 24.5 Å². The van der Waals surface area contributed by atoms with Crippen molar-refractivity contribution in [3.63, 3.8) is 0 Å². The number of benzene rings is 2. The summed E-state index contributed by atoms with van der Waals surface area (Å²) in [5, 5.41) is 3.62. The van der Waals surface area contributed by atoms with Gasteiger partial charge >= 0.3 is 0 Å². The van der Waals surface area contributed by atoms with Crippen molar-refractivity contribution in [1.82, 2.24) is 9.71 Å². The predicted molar refractivity (Wildman–Crippen MR) is 109 cm³/mol. The third kappa shape index (κ3) is 4.18. The zero-order valence-electron chi connectivity index (χ0n) is 15.2. The van der Waals surface area contributed by atoms with Crippen LogP contribution in [0.25, 0.3) is 10.9 Å². The Hall–Kier alpha value is -3.49. The number of hydrogen-bond acceptors (Lipinski definition) is 5. The lowest BCUT2D eigenvalue weighted by Gasteiger charge is -2.10. The molecule has 0 atom stereocenters. The third-order valence-corrected chi connectivity index (χ3v) is 5.72. The van der Waals surface area contributed by atoms with E-state index >= 15 is 0 Å². The number of fused-ring (bicyclic) bond motifs is 1. The fraction of sp³-hybridized carbons (Fsp3) is 0.0476. The number of furan rings is 1. The van der Waals surface area contributed by atoms with E-state index in [4.69, 9.17) is 4.42 Å². The molecule has 146 valence electrons. The van der Waals surface area contributed by atoms with Gasteiger partial charge in [0.05, 0.1) is 28.9 Å². The van der Waals surface area contributed by atoms with Gasteiger partial charge in [-0.15, -0.1) is 0 Å². The van der Waals surface area contributed by atoms with Crippen LogP contribution in [-0.4, -0.2) is 19.3 Å². The Bertz CT molecular complexity index is 1260. The molecule has 0 aliphatic heterocycles. The number of nitrogens with zero attached hydrogens (tertiary/aromatic N) is 1. The summed E-state index contributed by atoms with van der Waals surface area (Å²) in [6.07, 6.45) is 3.15. The lowest BCUT2D eigenvalue weighted by Crippen LogP contribution is -2.23. The quantitative estimate of drug-likeness (QED) is 0.509. The average molecular weight is 407 g/mol. The number of pyridine rings is 1. The maximum Gasteiger partial charge on any atom is 0.255 e. The molecular weight excluding hydrogens is 390 g/mol. The van der Waals surface area contributed by atoms with Gasteiger partial charge in [0.15, 0.2) is 0 Å². The van der Waals surface area contributed by atoms with Crippen molar-refractivity contribution in [2.45, 2.75) is 11.4 Å². The van der Waals surface area contributed by atoms with E-state index in [-0.39, 0.29) is 17.0 Å². The fourth-order valence-corrected chi connectivity index (χ4v) is 3.91. The molecule has 0 unspecified atom stereocenters. The Morgan fingerprint density at radius 1 is 1.00 bits per heavy atom. The van der Waals surface area contributed by atoms with Crippen LogP contribution >= 0.6 is 0 Å². The van der Waals surface area contributed by atoms with Gasteiger partial charge in [-0.2, -0.15) is 0 Å². The monoisotopic (exact) mass is 407 g/mol. The minimum Gasteiger partial charge on any atom is -0.468 e. The smallest absolute Gasteiger partial charge is 0.255 e. The molecule has 2 heterocycles. The normalized spacial score (nSPS) is 11.4. The van der Waals surface area contributed by atoms with Crippen LogP contribution in [0.4, 0.5) is 5.69 Å². The minimum absolute atomic E-state index is 0.00343. The number of rotatable bonds is 6. The number of nitrogens with one attached hydrogen (secondary N) is 2. The number of aromatic nitrogens is 1. The van der Waals surface area contributed by atoms with E-state index in [0.29, 0.717) is 11.4 Å². The van der Waals surface area contributed by atoms with Gasteiger partial charge in [-0.1, -0.05) is 12.1 Å². The summed E-state index contributed by atoms with van der Waals surface area (Å²) < 4.78 is 32.7. The topological polar surface area (TPSA) is 101 Å².